The molecule has 1 aliphatic heterocycles. The number of hydrogen-bond donors (Lipinski definition) is 1. The highest BCUT2D eigenvalue weighted by Gasteiger charge is 2.32. The summed E-state index contributed by atoms with van der Waals surface area (Å²) in [5.74, 6) is 1.08. The maximum atomic E-state index is 5.76. The van der Waals surface area contributed by atoms with Gasteiger partial charge in [0.05, 0.1) is 0 Å². The van der Waals surface area contributed by atoms with Crippen LogP contribution < -0.4 is 9.47 Å². The van der Waals surface area contributed by atoms with E-state index in [0.717, 1.165) is 17.0 Å². The van der Waals surface area contributed by atoms with E-state index >= 15 is 0 Å². The number of benzene rings is 1. The fourth-order valence-corrected chi connectivity index (χ4v) is 2.25. The van der Waals surface area contributed by atoms with Crippen LogP contribution in [0.2, 0.25) is 0 Å². The van der Waals surface area contributed by atoms with Gasteiger partial charge in [0.2, 0.25) is 5.79 Å². The number of H-pyrrole nitrogens is 1. The average Bonchev–Trinajstić information content (AvgIpc) is 2.70. The maximum Gasteiger partial charge on any atom is 0.246 e. The monoisotopic (exact) mass is 245 g/mol. The first kappa shape index (κ1) is 11.5. The molecule has 0 aliphatic carbocycles. The van der Waals surface area contributed by atoms with E-state index in [2.05, 4.69) is 31.8 Å². The second kappa shape index (κ2) is 3.22. The van der Waals surface area contributed by atoms with E-state index in [1.54, 1.807) is 0 Å². The molecule has 0 saturated heterocycles. The van der Waals surface area contributed by atoms with Gasteiger partial charge in [-0.2, -0.15) is 0 Å². The van der Waals surface area contributed by atoms with Crippen molar-refractivity contribution >= 4 is 10.9 Å². The number of nitrogens with one attached hydrogen (secondary N) is 1. The van der Waals surface area contributed by atoms with Gasteiger partial charge in [-0.1, -0.05) is 20.8 Å². The first-order chi connectivity index (χ1) is 8.24. The van der Waals surface area contributed by atoms with Gasteiger partial charge in [0.15, 0.2) is 11.5 Å². The number of fused-ring (bicyclic) bond motifs is 2. The lowest BCUT2D eigenvalue weighted by Gasteiger charge is -2.16. The molecule has 96 valence electrons. The van der Waals surface area contributed by atoms with Crippen molar-refractivity contribution in [1.82, 2.24) is 4.98 Å². The van der Waals surface area contributed by atoms with Crippen molar-refractivity contribution in [3.8, 4) is 11.5 Å². The van der Waals surface area contributed by atoms with Crippen LogP contribution in [0.4, 0.5) is 0 Å². The minimum atomic E-state index is -0.562. The van der Waals surface area contributed by atoms with Crippen molar-refractivity contribution in [2.45, 2.75) is 45.8 Å². The van der Waals surface area contributed by atoms with Crippen LogP contribution in [0.5, 0.6) is 11.5 Å². The van der Waals surface area contributed by atoms with Crippen molar-refractivity contribution < 1.29 is 9.47 Å². The van der Waals surface area contributed by atoms with E-state index in [1.165, 1.54) is 11.1 Å². The van der Waals surface area contributed by atoms with Crippen LogP contribution in [-0.2, 0) is 5.41 Å². The van der Waals surface area contributed by atoms with Gasteiger partial charge in [-0.3, -0.25) is 0 Å². The molecule has 18 heavy (non-hydrogen) atoms. The SMILES string of the molecule is CC1(C)Oc2cc3cc(C(C)(C)C)[nH]c3cc2O1. The molecular formula is C15H19NO2. The highest BCUT2D eigenvalue weighted by Crippen LogP contribution is 2.42. The molecule has 3 nitrogen and oxygen atoms in total. The van der Waals surface area contributed by atoms with Crippen molar-refractivity contribution in [1.29, 1.82) is 0 Å². The molecule has 0 saturated carbocycles. The molecule has 0 atom stereocenters. The normalized spacial score (nSPS) is 17.4. The highest BCUT2D eigenvalue weighted by atomic mass is 16.7. The van der Waals surface area contributed by atoms with Gasteiger partial charge in [0.1, 0.15) is 0 Å². The Morgan fingerprint density at radius 1 is 1.00 bits per heavy atom. The molecule has 1 aromatic carbocycles. The summed E-state index contributed by atoms with van der Waals surface area (Å²) in [6.45, 7) is 10.4. The van der Waals surface area contributed by atoms with Gasteiger partial charge in [0.25, 0.3) is 0 Å². The molecule has 3 heteroatoms. The molecule has 1 aliphatic rings. The number of ether oxygens (including phenoxy) is 2. The lowest BCUT2D eigenvalue weighted by atomic mass is 9.92. The predicted molar refractivity (Wildman–Crippen MR) is 72.3 cm³/mol. The van der Waals surface area contributed by atoms with Crippen LogP contribution >= 0.6 is 0 Å². The van der Waals surface area contributed by atoms with Crippen LogP contribution in [0.25, 0.3) is 10.9 Å². The van der Waals surface area contributed by atoms with Crippen LogP contribution in [0.1, 0.15) is 40.3 Å². The third-order valence-corrected chi connectivity index (χ3v) is 3.20. The predicted octanol–water partition coefficient (Wildman–Crippen LogP) is 3.97. The van der Waals surface area contributed by atoms with E-state index < -0.39 is 5.79 Å². The molecule has 1 aromatic heterocycles. The first-order valence-corrected chi connectivity index (χ1v) is 6.30. The molecule has 0 spiro atoms. The summed E-state index contributed by atoms with van der Waals surface area (Å²) in [5, 5.41) is 1.17. The Hall–Kier alpha value is -1.64. The Kier molecular flexibility index (Phi) is 2.05. The Morgan fingerprint density at radius 3 is 2.22 bits per heavy atom. The summed E-state index contributed by atoms with van der Waals surface area (Å²) in [7, 11) is 0. The Labute approximate surface area is 107 Å². The number of rotatable bonds is 0. The highest BCUT2D eigenvalue weighted by molar-refractivity contribution is 5.85. The van der Waals surface area contributed by atoms with Gasteiger partial charge < -0.3 is 14.5 Å². The third-order valence-electron chi connectivity index (χ3n) is 3.20. The quantitative estimate of drug-likeness (QED) is 0.762. The van der Waals surface area contributed by atoms with Gasteiger partial charge in [-0.05, 0) is 12.1 Å². The summed E-state index contributed by atoms with van der Waals surface area (Å²) < 4.78 is 11.5. The Bertz CT molecular complexity index is 572. The van der Waals surface area contributed by atoms with E-state index in [4.69, 9.17) is 9.47 Å². The maximum absolute atomic E-state index is 5.76. The standard InChI is InChI=1S/C15H19NO2/c1-14(2,3)13-7-9-6-11-12(8-10(9)16-13)18-15(4,5)17-11/h6-8,16H,1-5H3. The van der Waals surface area contributed by atoms with Crippen LogP contribution in [0, 0.1) is 0 Å². The van der Waals surface area contributed by atoms with Crippen LogP contribution in [0.3, 0.4) is 0 Å². The minimum absolute atomic E-state index is 0.116. The number of aromatic amines is 1. The molecule has 3 rings (SSSR count). The molecule has 0 bridgehead atoms. The summed E-state index contributed by atoms with van der Waals surface area (Å²) >= 11 is 0. The Morgan fingerprint density at radius 2 is 1.61 bits per heavy atom. The zero-order chi connectivity index (χ0) is 13.1. The van der Waals surface area contributed by atoms with Crippen LogP contribution in [0.15, 0.2) is 18.2 Å². The second-order valence-corrected chi connectivity index (χ2v) is 6.42. The van der Waals surface area contributed by atoms with Crippen molar-refractivity contribution in [2.24, 2.45) is 0 Å². The Balaban J connectivity index is 2.12. The average molecular weight is 245 g/mol. The summed E-state index contributed by atoms with van der Waals surface area (Å²) in [5.41, 5.74) is 2.44. The van der Waals surface area contributed by atoms with Crippen molar-refractivity contribution in [3.63, 3.8) is 0 Å². The molecular weight excluding hydrogens is 226 g/mol. The second-order valence-electron chi connectivity index (χ2n) is 6.42. The van der Waals surface area contributed by atoms with Gasteiger partial charge in [-0.15, -0.1) is 0 Å². The summed E-state index contributed by atoms with van der Waals surface area (Å²) in [6, 6.07) is 6.25. The van der Waals surface area contributed by atoms with Crippen LogP contribution in [-0.4, -0.2) is 10.8 Å². The topological polar surface area (TPSA) is 34.2 Å². The molecule has 0 fully saturated rings. The van der Waals surface area contributed by atoms with E-state index in [0.29, 0.717) is 0 Å². The first-order valence-electron chi connectivity index (χ1n) is 6.30. The van der Waals surface area contributed by atoms with Gasteiger partial charge >= 0.3 is 0 Å². The molecule has 0 radical (unpaired) electrons. The fraction of sp³-hybridized carbons (Fsp3) is 0.467. The zero-order valence-corrected chi connectivity index (χ0v) is 11.5. The fourth-order valence-electron chi connectivity index (χ4n) is 2.25. The molecule has 1 N–H and O–H groups in total. The lowest BCUT2D eigenvalue weighted by molar-refractivity contribution is -0.0431. The largest absolute Gasteiger partial charge is 0.449 e. The van der Waals surface area contributed by atoms with Crippen molar-refractivity contribution in [2.75, 3.05) is 0 Å². The lowest BCUT2D eigenvalue weighted by Crippen LogP contribution is -2.29. The number of aromatic nitrogens is 1. The molecule has 0 amide bonds. The summed E-state index contributed by atoms with van der Waals surface area (Å²) in [4.78, 5) is 3.46. The summed E-state index contributed by atoms with van der Waals surface area (Å²) in [6.07, 6.45) is 0. The zero-order valence-electron chi connectivity index (χ0n) is 11.5. The molecule has 0 unspecified atom stereocenters. The van der Waals surface area contributed by atoms with Gasteiger partial charge in [-0.25, -0.2) is 0 Å². The number of hydrogen-bond acceptors (Lipinski definition) is 2. The van der Waals surface area contributed by atoms with E-state index in [-0.39, 0.29) is 5.41 Å². The van der Waals surface area contributed by atoms with E-state index in [9.17, 15) is 0 Å². The van der Waals surface area contributed by atoms with Gasteiger partial charge in [0, 0.05) is 41.9 Å². The molecule has 2 heterocycles. The molecule has 2 aromatic rings. The third kappa shape index (κ3) is 1.74. The van der Waals surface area contributed by atoms with E-state index in [1.807, 2.05) is 26.0 Å². The minimum Gasteiger partial charge on any atom is -0.449 e. The smallest absolute Gasteiger partial charge is 0.246 e. The van der Waals surface area contributed by atoms with Crippen molar-refractivity contribution in [3.05, 3.63) is 23.9 Å².